The topological polar surface area (TPSA) is 66.5 Å². The van der Waals surface area contributed by atoms with Crippen LogP contribution in [0.5, 0.6) is 0 Å². The maximum absolute atomic E-state index is 12.9. The van der Waals surface area contributed by atoms with E-state index in [0.717, 1.165) is 10.7 Å². The number of hydrogen-bond acceptors (Lipinski definition) is 3. The first-order valence-electron chi connectivity index (χ1n) is 7.55. The molecule has 2 aromatic carbocycles. The third-order valence-electron chi connectivity index (χ3n) is 3.31. The average Bonchev–Trinajstić information content (AvgIpc) is 2.59. The zero-order valence-corrected chi connectivity index (χ0v) is 14.8. The second-order valence-electron chi connectivity index (χ2n) is 5.15. The number of hydrogen-bond donors (Lipinski definition) is 1. The van der Waals surface area contributed by atoms with Crippen molar-refractivity contribution >= 4 is 33.2 Å². The van der Waals surface area contributed by atoms with Crippen molar-refractivity contribution in [1.82, 2.24) is 5.32 Å². The molecule has 0 saturated carbocycles. The van der Waals surface area contributed by atoms with Crippen molar-refractivity contribution in [2.75, 3.05) is 17.4 Å². The summed E-state index contributed by atoms with van der Waals surface area (Å²) < 4.78 is 27.0. The molecule has 0 radical (unpaired) electrons. The molecular weight excluding hydrogens is 348 g/mol. The lowest BCUT2D eigenvalue weighted by molar-refractivity contribution is -0.119. The fourth-order valence-corrected chi connectivity index (χ4v) is 3.66. The van der Waals surface area contributed by atoms with Crippen molar-refractivity contribution in [2.24, 2.45) is 0 Å². The summed E-state index contributed by atoms with van der Waals surface area (Å²) in [6, 6.07) is 14.4. The Morgan fingerprint density at radius 3 is 2.29 bits per heavy atom. The molecule has 1 N–H and O–H groups in total. The zero-order chi connectivity index (χ0) is 17.6. The molecule has 0 aliphatic rings. The first-order chi connectivity index (χ1) is 11.4. The minimum atomic E-state index is -3.86. The van der Waals surface area contributed by atoms with E-state index in [0.29, 0.717) is 17.3 Å². The number of anilines is 1. The fraction of sp³-hybridized carbons (Fsp3) is 0.235. The van der Waals surface area contributed by atoms with E-state index in [2.05, 4.69) is 5.32 Å². The van der Waals surface area contributed by atoms with Gasteiger partial charge in [0.05, 0.1) is 10.6 Å². The van der Waals surface area contributed by atoms with Gasteiger partial charge in [0, 0.05) is 11.6 Å². The number of rotatable bonds is 7. The molecule has 0 saturated heterocycles. The molecule has 5 nitrogen and oxygen atoms in total. The summed E-state index contributed by atoms with van der Waals surface area (Å²) in [7, 11) is -3.86. The molecule has 0 fully saturated rings. The van der Waals surface area contributed by atoms with Crippen LogP contribution in [0.1, 0.15) is 13.3 Å². The van der Waals surface area contributed by atoms with E-state index >= 15 is 0 Å². The molecule has 0 bridgehead atoms. The van der Waals surface area contributed by atoms with Gasteiger partial charge in [-0.1, -0.05) is 36.7 Å². The Morgan fingerprint density at radius 2 is 1.71 bits per heavy atom. The minimum Gasteiger partial charge on any atom is -0.355 e. The number of halogens is 1. The quantitative estimate of drug-likeness (QED) is 0.818. The van der Waals surface area contributed by atoms with Gasteiger partial charge in [0.25, 0.3) is 10.0 Å². The first-order valence-corrected chi connectivity index (χ1v) is 9.37. The van der Waals surface area contributed by atoms with Gasteiger partial charge in [0.2, 0.25) is 5.91 Å². The number of carbonyl (C=O) groups excluding carboxylic acids is 1. The number of benzene rings is 2. The predicted octanol–water partition coefficient (Wildman–Crippen LogP) is 3.06. The van der Waals surface area contributed by atoms with Crippen molar-refractivity contribution in [2.45, 2.75) is 18.2 Å². The number of carbonyl (C=O) groups is 1. The molecule has 2 rings (SSSR count). The van der Waals surface area contributed by atoms with Crippen molar-refractivity contribution < 1.29 is 13.2 Å². The molecule has 0 unspecified atom stereocenters. The Bertz CT molecular complexity index is 777. The molecule has 24 heavy (non-hydrogen) atoms. The highest BCUT2D eigenvalue weighted by Gasteiger charge is 2.26. The van der Waals surface area contributed by atoms with E-state index in [-0.39, 0.29) is 17.3 Å². The van der Waals surface area contributed by atoms with Crippen LogP contribution in [0, 0.1) is 0 Å². The molecule has 0 aliphatic heterocycles. The standard InChI is InChI=1S/C17H19ClN2O3S/c1-2-12-19-17(21)13-20(15-10-8-14(18)9-11-15)24(22,23)16-6-4-3-5-7-16/h3-11H,2,12-13H2,1H3,(H,19,21). The van der Waals surface area contributed by atoms with E-state index in [1.165, 1.54) is 12.1 Å². The molecule has 1 amide bonds. The normalized spacial score (nSPS) is 11.1. The third-order valence-corrected chi connectivity index (χ3v) is 5.35. The summed E-state index contributed by atoms with van der Waals surface area (Å²) in [6.45, 7) is 2.13. The smallest absolute Gasteiger partial charge is 0.264 e. The van der Waals surface area contributed by atoms with E-state index in [4.69, 9.17) is 11.6 Å². The van der Waals surface area contributed by atoms with Crippen LogP contribution in [0.4, 0.5) is 5.69 Å². The molecule has 0 aliphatic carbocycles. The maximum atomic E-state index is 12.9. The number of nitrogens with one attached hydrogen (secondary N) is 1. The third kappa shape index (κ3) is 4.49. The van der Waals surface area contributed by atoms with Gasteiger partial charge in [-0.3, -0.25) is 9.10 Å². The zero-order valence-electron chi connectivity index (χ0n) is 13.3. The highest BCUT2D eigenvalue weighted by atomic mass is 35.5. The lowest BCUT2D eigenvalue weighted by Crippen LogP contribution is -2.41. The maximum Gasteiger partial charge on any atom is 0.264 e. The minimum absolute atomic E-state index is 0.128. The van der Waals surface area contributed by atoms with Crippen LogP contribution in [0.3, 0.4) is 0 Å². The molecule has 128 valence electrons. The van der Waals surface area contributed by atoms with Crippen molar-refractivity contribution in [3.63, 3.8) is 0 Å². The average molecular weight is 367 g/mol. The van der Waals surface area contributed by atoms with Gasteiger partial charge in [0.1, 0.15) is 6.54 Å². The van der Waals surface area contributed by atoms with Crippen molar-refractivity contribution in [3.8, 4) is 0 Å². The Balaban J connectivity index is 2.39. The highest BCUT2D eigenvalue weighted by molar-refractivity contribution is 7.92. The predicted molar refractivity (Wildman–Crippen MR) is 95.7 cm³/mol. The number of amides is 1. The van der Waals surface area contributed by atoms with Gasteiger partial charge in [-0.2, -0.15) is 0 Å². The van der Waals surface area contributed by atoms with Crippen LogP contribution in [0.2, 0.25) is 5.02 Å². The molecule has 2 aromatic rings. The molecule has 0 atom stereocenters. The molecular formula is C17H19ClN2O3S. The van der Waals surface area contributed by atoms with Crippen LogP contribution in [0.15, 0.2) is 59.5 Å². The largest absolute Gasteiger partial charge is 0.355 e. The molecule has 7 heteroatoms. The highest BCUT2D eigenvalue weighted by Crippen LogP contribution is 2.24. The summed E-state index contributed by atoms with van der Waals surface area (Å²) in [6.07, 6.45) is 0.776. The molecule has 0 heterocycles. The lowest BCUT2D eigenvalue weighted by atomic mass is 10.3. The van der Waals surface area contributed by atoms with Crippen LogP contribution in [-0.2, 0) is 14.8 Å². The van der Waals surface area contributed by atoms with Crippen LogP contribution in [-0.4, -0.2) is 27.4 Å². The molecule has 0 aromatic heterocycles. The summed E-state index contributed by atoms with van der Waals surface area (Å²) in [4.78, 5) is 12.2. The molecule has 0 spiro atoms. The van der Waals surface area contributed by atoms with Crippen LogP contribution >= 0.6 is 11.6 Å². The monoisotopic (exact) mass is 366 g/mol. The van der Waals surface area contributed by atoms with E-state index in [1.54, 1.807) is 42.5 Å². The summed E-state index contributed by atoms with van der Waals surface area (Å²) in [5.41, 5.74) is 0.384. The Morgan fingerprint density at radius 1 is 1.08 bits per heavy atom. The number of nitrogens with zero attached hydrogens (tertiary/aromatic N) is 1. The van der Waals surface area contributed by atoms with Gasteiger partial charge in [-0.05, 0) is 42.8 Å². The van der Waals surface area contributed by atoms with Crippen molar-refractivity contribution in [3.05, 3.63) is 59.6 Å². The first kappa shape index (κ1) is 18.3. The summed E-state index contributed by atoms with van der Waals surface area (Å²) in [5.74, 6) is -0.355. The van der Waals surface area contributed by atoms with Crippen LogP contribution < -0.4 is 9.62 Å². The second-order valence-corrected chi connectivity index (χ2v) is 7.45. The lowest BCUT2D eigenvalue weighted by Gasteiger charge is -2.24. The van der Waals surface area contributed by atoms with Crippen LogP contribution in [0.25, 0.3) is 0 Å². The number of sulfonamides is 1. The van der Waals surface area contributed by atoms with Gasteiger partial charge < -0.3 is 5.32 Å². The summed E-state index contributed by atoms with van der Waals surface area (Å²) in [5, 5.41) is 3.19. The van der Waals surface area contributed by atoms with Gasteiger partial charge in [-0.25, -0.2) is 8.42 Å². The Hall–Kier alpha value is -2.05. The Kier molecular flexibility index (Phi) is 6.23. The van der Waals surface area contributed by atoms with Crippen molar-refractivity contribution in [1.29, 1.82) is 0 Å². The fourth-order valence-electron chi connectivity index (χ4n) is 2.09. The van der Waals surface area contributed by atoms with Gasteiger partial charge in [0.15, 0.2) is 0 Å². The second kappa shape index (κ2) is 8.17. The van der Waals surface area contributed by atoms with E-state index in [9.17, 15) is 13.2 Å². The van der Waals surface area contributed by atoms with Gasteiger partial charge >= 0.3 is 0 Å². The van der Waals surface area contributed by atoms with Gasteiger partial charge in [-0.15, -0.1) is 0 Å². The van der Waals surface area contributed by atoms with E-state index < -0.39 is 10.0 Å². The SMILES string of the molecule is CCCNC(=O)CN(c1ccc(Cl)cc1)S(=O)(=O)c1ccccc1. The summed E-state index contributed by atoms with van der Waals surface area (Å²) >= 11 is 5.87. The Labute approximate surface area is 147 Å². The van der Waals surface area contributed by atoms with E-state index in [1.807, 2.05) is 6.92 Å².